The number of alkyl halides is 4. The second-order valence-corrected chi connectivity index (χ2v) is 3.98. The molecule has 0 bridgehead atoms. The summed E-state index contributed by atoms with van der Waals surface area (Å²) in [6.45, 7) is 0.711. The molecule has 0 spiro atoms. The van der Waals surface area contributed by atoms with Crippen molar-refractivity contribution in [1.82, 2.24) is 0 Å². The van der Waals surface area contributed by atoms with Crippen LogP contribution in [0.3, 0.4) is 0 Å². The third kappa shape index (κ3) is 3.20. The van der Waals surface area contributed by atoms with E-state index >= 15 is 0 Å². The molecule has 1 unspecified atom stereocenters. The van der Waals surface area contributed by atoms with Crippen LogP contribution in [0.15, 0.2) is 18.2 Å². The van der Waals surface area contributed by atoms with E-state index in [1.807, 2.05) is 0 Å². The summed E-state index contributed by atoms with van der Waals surface area (Å²) in [5.74, 6) is -0.472. The van der Waals surface area contributed by atoms with Crippen LogP contribution >= 0.6 is 11.6 Å². The second-order valence-electron chi connectivity index (χ2n) is 3.54. The van der Waals surface area contributed by atoms with Gasteiger partial charge in [-0.05, 0) is 30.2 Å². The fraction of sp³-hybridized carbons (Fsp3) is 0.364. The van der Waals surface area contributed by atoms with Gasteiger partial charge in [0.1, 0.15) is 5.38 Å². The Bertz CT molecular complexity index is 429. The second kappa shape index (κ2) is 5.06. The van der Waals surface area contributed by atoms with E-state index in [9.17, 15) is 18.0 Å². The standard InChI is InChI=1S/C11H10ClF3O2/c1-6(17)10(12)9-4-8(11(13,14)15)3-2-7(9)5-16/h2-4,10,16H,5H2,1H3. The van der Waals surface area contributed by atoms with Crippen LogP contribution in [0.2, 0.25) is 0 Å². The fourth-order valence-corrected chi connectivity index (χ4v) is 1.57. The average Bonchev–Trinajstić information content (AvgIpc) is 2.25. The summed E-state index contributed by atoms with van der Waals surface area (Å²) in [6.07, 6.45) is -4.50. The lowest BCUT2D eigenvalue weighted by Gasteiger charge is -2.14. The fourth-order valence-electron chi connectivity index (χ4n) is 1.37. The van der Waals surface area contributed by atoms with Crippen molar-refractivity contribution in [2.24, 2.45) is 0 Å². The van der Waals surface area contributed by atoms with Gasteiger partial charge in [0.2, 0.25) is 0 Å². The summed E-state index contributed by atoms with van der Waals surface area (Å²) in [6, 6.07) is 2.76. The quantitative estimate of drug-likeness (QED) is 0.854. The number of aliphatic hydroxyl groups is 1. The normalized spacial score (nSPS) is 13.5. The molecule has 6 heteroatoms. The van der Waals surface area contributed by atoms with E-state index in [1.165, 1.54) is 6.92 Å². The van der Waals surface area contributed by atoms with Crippen LogP contribution in [0.1, 0.15) is 29.0 Å². The van der Waals surface area contributed by atoms with Gasteiger partial charge in [0.15, 0.2) is 5.78 Å². The highest BCUT2D eigenvalue weighted by molar-refractivity contribution is 6.30. The van der Waals surface area contributed by atoms with Crippen molar-refractivity contribution in [3.63, 3.8) is 0 Å². The first-order valence-electron chi connectivity index (χ1n) is 4.72. The van der Waals surface area contributed by atoms with E-state index in [0.717, 1.165) is 18.2 Å². The zero-order chi connectivity index (χ0) is 13.2. The van der Waals surface area contributed by atoms with Crippen LogP contribution < -0.4 is 0 Å². The van der Waals surface area contributed by atoms with Crippen LogP contribution in [-0.4, -0.2) is 10.9 Å². The minimum absolute atomic E-state index is 0.00325. The number of aliphatic hydroxyl groups excluding tert-OH is 1. The number of ketones is 1. The van der Waals surface area contributed by atoms with Gasteiger partial charge in [-0.1, -0.05) is 6.07 Å². The summed E-state index contributed by atoms with van der Waals surface area (Å²) in [7, 11) is 0. The minimum atomic E-state index is -4.50. The number of Topliss-reactive ketones (excluding diaryl/α,β-unsaturated/α-hetero) is 1. The van der Waals surface area contributed by atoms with Crippen LogP contribution in [-0.2, 0) is 17.6 Å². The van der Waals surface area contributed by atoms with Crippen molar-refractivity contribution in [2.75, 3.05) is 0 Å². The molecule has 1 atom stereocenters. The lowest BCUT2D eigenvalue weighted by Crippen LogP contribution is -2.10. The number of carbonyl (C=O) groups is 1. The number of rotatable bonds is 3. The first-order valence-corrected chi connectivity index (χ1v) is 5.16. The van der Waals surface area contributed by atoms with Crippen molar-refractivity contribution in [3.05, 3.63) is 34.9 Å². The van der Waals surface area contributed by atoms with Crippen LogP contribution in [0.4, 0.5) is 13.2 Å². The summed E-state index contributed by atoms with van der Waals surface area (Å²) < 4.78 is 37.4. The topological polar surface area (TPSA) is 37.3 Å². The molecule has 1 N–H and O–H groups in total. The number of benzene rings is 1. The maximum Gasteiger partial charge on any atom is 0.416 e. The van der Waals surface area contributed by atoms with E-state index in [-0.39, 0.29) is 11.1 Å². The van der Waals surface area contributed by atoms with E-state index < -0.39 is 29.5 Å². The lowest BCUT2D eigenvalue weighted by molar-refractivity contribution is -0.137. The van der Waals surface area contributed by atoms with Gasteiger partial charge in [0.05, 0.1) is 12.2 Å². The Hall–Kier alpha value is -1.07. The number of hydrogen-bond acceptors (Lipinski definition) is 2. The Morgan fingerprint density at radius 1 is 1.47 bits per heavy atom. The molecule has 0 radical (unpaired) electrons. The van der Waals surface area contributed by atoms with Gasteiger partial charge in [-0.2, -0.15) is 13.2 Å². The van der Waals surface area contributed by atoms with Gasteiger partial charge < -0.3 is 5.11 Å². The zero-order valence-electron chi connectivity index (χ0n) is 8.88. The van der Waals surface area contributed by atoms with Gasteiger partial charge in [0, 0.05) is 0 Å². The molecule has 0 amide bonds. The molecule has 0 saturated heterocycles. The smallest absolute Gasteiger partial charge is 0.392 e. The Morgan fingerprint density at radius 2 is 2.06 bits per heavy atom. The molecule has 0 saturated carbocycles. The van der Waals surface area contributed by atoms with Crippen LogP contribution in [0, 0.1) is 0 Å². The molecule has 0 fully saturated rings. The van der Waals surface area contributed by atoms with Crippen molar-refractivity contribution in [3.8, 4) is 0 Å². The summed E-state index contributed by atoms with van der Waals surface area (Å²) >= 11 is 5.72. The molecular formula is C11H10ClF3O2. The zero-order valence-corrected chi connectivity index (χ0v) is 9.64. The van der Waals surface area contributed by atoms with Gasteiger partial charge >= 0.3 is 6.18 Å². The van der Waals surface area contributed by atoms with E-state index in [2.05, 4.69) is 0 Å². The lowest BCUT2D eigenvalue weighted by atomic mass is 9.99. The highest BCUT2D eigenvalue weighted by Crippen LogP contribution is 2.34. The minimum Gasteiger partial charge on any atom is -0.392 e. The van der Waals surface area contributed by atoms with Gasteiger partial charge in [-0.3, -0.25) is 4.79 Å². The maximum absolute atomic E-state index is 12.5. The van der Waals surface area contributed by atoms with Crippen molar-refractivity contribution >= 4 is 17.4 Å². The predicted molar refractivity (Wildman–Crippen MR) is 56.6 cm³/mol. The van der Waals surface area contributed by atoms with Crippen molar-refractivity contribution in [1.29, 1.82) is 0 Å². The Morgan fingerprint density at radius 3 is 2.47 bits per heavy atom. The van der Waals surface area contributed by atoms with Gasteiger partial charge in [-0.15, -0.1) is 11.6 Å². The molecule has 0 aromatic heterocycles. The Kier molecular flexibility index (Phi) is 4.16. The SMILES string of the molecule is CC(=O)C(Cl)c1cc(C(F)(F)F)ccc1CO. The van der Waals surface area contributed by atoms with Crippen molar-refractivity contribution in [2.45, 2.75) is 25.1 Å². The van der Waals surface area contributed by atoms with Crippen LogP contribution in [0.5, 0.6) is 0 Å². The molecule has 0 aliphatic heterocycles. The molecule has 0 heterocycles. The summed E-state index contributed by atoms with van der Waals surface area (Å²) in [4.78, 5) is 11.1. The molecule has 0 aliphatic carbocycles. The average molecular weight is 267 g/mol. The predicted octanol–water partition coefficient (Wildman–Crippen LogP) is 3.07. The molecule has 17 heavy (non-hydrogen) atoms. The van der Waals surface area contributed by atoms with E-state index in [0.29, 0.717) is 0 Å². The van der Waals surface area contributed by atoms with Crippen molar-refractivity contribution < 1.29 is 23.1 Å². The first-order chi connectivity index (χ1) is 7.77. The van der Waals surface area contributed by atoms with Crippen LogP contribution in [0.25, 0.3) is 0 Å². The number of halogens is 4. The highest BCUT2D eigenvalue weighted by Gasteiger charge is 2.32. The van der Waals surface area contributed by atoms with Gasteiger partial charge in [0.25, 0.3) is 0 Å². The maximum atomic E-state index is 12.5. The molecular weight excluding hydrogens is 257 g/mol. The molecule has 1 aromatic rings. The van der Waals surface area contributed by atoms with Gasteiger partial charge in [-0.25, -0.2) is 0 Å². The first kappa shape index (κ1) is 14.0. The Balaban J connectivity index is 3.29. The van der Waals surface area contributed by atoms with E-state index in [1.54, 1.807) is 0 Å². The molecule has 0 aliphatic rings. The molecule has 2 nitrogen and oxygen atoms in total. The monoisotopic (exact) mass is 266 g/mol. The third-order valence-electron chi connectivity index (χ3n) is 2.27. The molecule has 1 aromatic carbocycles. The number of carbonyl (C=O) groups excluding carboxylic acids is 1. The Labute approximate surface area is 101 Å². The highest BCUT2D eigenvalue weighted by atomic mass is 35.5. The third-order valence-corrected chi connectivity index (χ3v) is 2.82. The summed E-state index contributed by atoms with van der Waals surface area (Å²) in [5.41, 5.74) is -0.679. The number of hydrogen-bond donors (Lipinski definition) is 1. The van der Waals surface area contributed by atoms with E-state index in [4.69, 9.17) is 16.7 Å². The molecule has 94 valence electrons. The largest absolute Gasteiger partial charge is 0.416 e. The summed E-state index contributed by atoms with van der Waals surface area (Å²) in [5, 5.41) is 7.81. The molecule has 1 rings (SSSR count).